The zero-order valence-corrected chi connectivity index (χ0v) is 60.4. The molecule has 0 radical (unpaired) electrons. The lowest BCUT2D eigenvalue weighted by Gasteiger charge is -2.21. The molecule has 0 heterocycles. The normalized spacial score (nSPS) is 14.2. The molecule has 17 nitrogen and oxygen atoms in total. The summed E-state index contributed by atoms with van der Waals surface area (Å²) in [5.41, 5.74) is 0. The number of rotatable bonds is 69. The van der Waals surface area contributed by atoms with Gasteiger partial charge in [0.1, 0.15) is 19.3 Å². The van der Waals surface area contributed by atoms with Gasteiger partial charge in [-0.1, -0.05) is 305 Å². The number of phosphoric acid groups is 2. The first-order valence-corrected chi connectivity index (χ1v) is 39.8. The fourth-order valence-corrected chi connectivity index (χ4v) is 12.3. The summed E-state index contributed by atoms with van der Waals surface area (Å²) < 4.78 is 68.2. The molecule has 0 spiro atoms. The van der Waals surface area contributed by atoms with Crippen LogP contribution in [-0.4, -0.2) is 96.7 Å². The van der Waals surface area contributed by atoms with Crippen molar-refractivity contribution in [3.05, 3.63) is 0 Å². The van der Waals surface area contributed by atoms with Crippen molar-refractivity contribution in [1.29, 1.82) is 0 Å². The molecular weight excluding hydrogens is 1190 g/mol. The molecule has 534 valence electrons. The highest BCUT2D eigenvalue weighted by molar-refractivity contribution is 7.47. The van der Waals surface area contributed by atoms with E-state index in [4.69, 9.17) is 37.0 Å². The van der Waals surface area contributed by atoms with Gasteiger partial charge in [-0.05, 0) is 43.4 Å². The molecule has 19 heteroatoms. The van der Waals surface area contributed by atoms with Crippen LogP contribution in [0.4, 0.5) is 0 Å². The fraction of sp³-hybridized carbons (Fsp3) is 0.944. The number of aliphatic hydroxyl groups is 1. The first-order chi connectivity index (χ1) is 43.2. The van der Waals surface area contributed by atoms with Crippen molar-refractivity contribution in [3.63, 3.8) is 0 Å². The van der Waals surface area contributed by atoms with Gasteiger partial charge >= 0.3 is 39.5 Å². The van der Waals surface area contributed by atoms with Gasteiger partial charge in [0, 0.05) is 25.7 Å². The van der Waals surface area contributed by atoms with Gasteiger partial charge in [0.2, 0.25) is 0 Å². The van der Waals surface area contributed by atoms with Crippen molar-refractivity contribution in [2.45, 2.75) is 375 Å². The van der Waals surface area contributed by atoms with Crippen LogP contribution in [0.15, 0.2) is 0 Å². The minimum Gasteiger partial charge on any atom is -0.462 e. The van der Waals surface area contributed by atoms with Gasteiger partial charge in [0.05, 0.1) is 26.4 Å². The highest BCUT2D eigenvalue weighted by Gasteiger charge is 2.30. The Bertz CT molecular complexity index is 1770. The Labute approximate surface area is 549 Å². The van der Waals surface area contributed by atoms with E-state index in [1.807, 2.05) is 0 Å². The van der Waals surface area contributed by atoms with Crippen molar-refractivity contribution in [1.82, 2.24) is 0 Å². The van der Waals surface area contributed by atoms with Crippen LogP contribution in [0.5, 0.6) is 0 Å². The summed E-state index contributed by atoms with van der Waals surface area (Å²) in [5, 5.41) is 10.6. The molecule has 0 saturated carbocycles. The lowest BCUT2D eigenvalue weighted by molar-refractivity contribution is -0.161. The van der Waals surface area contributed by atoms with E-state index in [1.54, 1.807) is 0 Å². The molecule has 0 amide bonds. The molecule has 2 unspecified atom stereocenters. The smallest absolute Gasteiger partial charge is 0.462 e. The Kier molecular flexibility index (Phi) is 60.6. The highest BCUT2D eigenvalue weighted by Crippen LogP contribution is 2.45. The molecular formula is C71H138O17P2. The lowest BCUT2D eigenvalue weighted by atomic mass is 10.0. The summed E-state index contributed by atoms with van der Waals surface area (Å²) in [7, 11) is -9.90. The number of carbonyl (C=O) groups is 4. The Morgan fingerprint density at radius 3 is 0.756 bits per heavy atom. The average molecular weight is 1330 g/mol. The molecule has 0 aliphatic heterocycles. The van der Waals surface area contributed by atoms with Crippen LogP contribution < -0.4 is 0 Å². The van der Waals surface area contributed by atoms with Crippen LogP contribution in [0, 0.1) is 17.8 Å². The first kappa shape index (κ1) is 88.1. The van der Waals surface area contributed by atoms with E-state index in [0.29, 0.717) is 25.7 Å². The SMILES string of the molecule is CCCCCCCCCC(=O)OC[C@H](COP(=O)(O)OC[C@H](O)COP(=O)(O)OC[C@@H](COC(=O)CCCCCCCCCCCCCCC(C)C)OC(=O)CCCCCCCCCCCCCCC(C)C)OC(=O)CCCCCCCCCCCCC(C)C. The second kappa shape index (κ2) is 61.9. The monoisotopic (exact) mass is 1320 g/mol. The summed E-state index contributed by atoms with van der Waals surface area (Å²) in [6.07, 6.45) is 45.9. The van der Waals surface area contributed by atoms with E-state index in [2.05, 4.69) is 48.5 Å². The van der Waals surface area contributed by atoms with Gasteiger partial charge in [-0.2, -0.15) is 0 Å². The van der Waals surface area contributed by atoms with E-state index in [0.717, 1.165) is 120 Å². The maximum absolute atomic E-state index is 13.0. The van der Waals surface area contributed by atoms with Gasteiger partial charge in [-0.3, -0.25) is 37.3 Å². The van der Waals surface area contributed by atoms with Crippen molar-refractivity contribution in [2.75, 3.05) is 39.6 Å². The topological polar surface area (TPSA) is 237 Å². The summed E-state index contributed by atoms with van der Waals surface area (Å²) in [6.45, 7) is 11.8. The molecule has 0 aliphatic rings. The van der Waals surface area contributed by atoms with Crippen molar-refractivity contribution in [2.24, 2.45) is 17.8 Å². The molecule has 90 heavy (non-hydrogen) atoms. The molecule has 0 bridgehead atoms. The van der Waals surface area contributed by atoms with Crippen LogP contribution in [0.2, 0.25) is 0 Å². The fourth-order valence-electron chi connectivity index (χ4n) is 10.7. The number of aliphatic hydroxyl groups excluding tert-OH is 1. The predicted molar refractivity (Wildman–Crippen MR) is 363 cm³/mol. The molecule has 0 aromatic rings. The second-order valence-corrected chi connectivity index (χ2v) is 30.0. The molecule has 3 N–H and O–H groups in total. The van der Waals surface area contributed by atoms with E-state index >= 15 is 0 Å². The average Bonchev–Trinajstić information content (AvgIpc) is 3.32. The third-order valence-corrected chi connectivity index (χ3v) is 18.3. The number of carbonyl (C=O) groups excluding carboxylic acids is 4. The van der Waals surface area contributed by atoms with Crippen LogP contribution in [0.3, 0.4) is 0 Å². The maximum Gasteiger partial charge on any atom is 0.472 e. The minimum absolute atomic E-state index is 0.105. The second-order valence-electron chi connectivity index (χ2n) is 27.1. The zero-order valence-electron chi connectivity index (χ0n) is 58.6. The van der Waals surface area contributed by atoms with Gasteiger partial charge in [0.25, 0.3) is 0 Å². The lowest BCUT2D eigenvalue weighted by Crippen LogP contribution is -2.30. The summed E-state index contributed by atoms with van der Waals surface area (Å²) in [5.74, 6) is 0.182. The summed E-state index contributed by atoms with van der Waals surface area (Å²) >= 11 is 0. The van der Waals surface area contributed by atoms with E-state index in [1.165, 1.54) is 154 Å². The van der Waals surface area contributed by atoms with Crippen LogP contribution >= 0.6 is 15.6 Å². The Morgan fingerprint density at radius 2 is 0.511 bits per heavy atom. The molecule has 0 aromatic heterocycles. The third-order valence-electron chi connectivity index (χ3n) is 16.4. The minimum atomic E-state index is -4.95. The molecule has 0 aromatic carbocycles. The van der Waals surface area contributed by atoms with Crippen LogP contribution in [0.1, 0.15) is 357 Å². The highest BCUT2D eigenvalue weighted by atomic mass is 31.2. The summed E-state index contributed by atoms with van der Waals surface area (Å²) in [4.78, 5) is 72.5. The van der Waals surface area contributed by atoms with Gasteiger partial charge < -0.3 is 33.8 Å². The molecule has 0 fully saturated rings. The first-order valence-electron chi connectivity index (χ1n) is 36.8. The number of hydrogen-bond donors (Lipinski definition) is 3. The van der Waals surface area contributed by atoms with Gasteiger partial charge in [-0.15, -0.1) is 0 Å². The number of ether oxygens (including phenoxy) is 4. The predicted octanol–water partition coefficient (Wildman–Crippen LogP) is 20.2. The van der Waals surface area contributed by atoms with Crippen LogP contribution in [-0.2, 0) is 65.4 Å². The number of unbranched alkanes of at least 4 members (excludes halogenated alkanes) is 37. The molecule has 5 atom stereocenters. The standard InChI is InChI=1S/C71H138O17P2/c1-8-9-10-11-28-38-45-52-68(73)81-58-66(87-71(76)55-48-41-34-27-21-20-24-31-37-44-51-64(6)7)60-85-89(77,78)83-56-65(72)57-84-90(79,80)86-61-67(88-70(75)54-47-40-33-26-19-15-13-17-23-30-36-43-50-63(4)5)59-82-69(74)53-46-39-32-25-18-14-12-16-22-29-35-42-49-62(2)3/h62-67,72H,8-61H2,1-7H3,(H,77,78)(H,79,80)/t65-,66+,67+/m0/s1. The maximum atomic E-state index is 13.0. The summed E-state index contributed by atoms with van der Waals surface area (Å²) in [6, 6.07) is 0. The molecule has 0 saturated heterocycles. The number of phosphoric ester groups is 2. The number of hydrogen-bond acceptors (Lipinski definition) is 15. The Hall–Kier alpha value is -1.94. The quantitative estimate of drug-likeness (QED) is 0.0222. The Balaban J connectivity index is 5.21. The molecule has 0 aliphatic carbocycles. The van der Waals surface area contributed by atoms with E-state index in [9.17, 15) is 43.2 Å². The van der Waals surface area contributed by atoms with Crippen molar-refractivity contribution < 1.29 is 80.2 Å². The molecule has 0 rings (SSSR count). The van der Waals surface area contributed by atoms with Crippen LogP contribution in [0.25, 0.3) is 0 Å². The van der Waals surface area contributed by atoms with Gasteiger partial charge in [0.15, 0.2) is 12.2 Å². The van der Waals surface area contributed by atoms with Gasteiger partial charge in [-0.25, -0.2) is 9.13 Å². The third kappa shape index (κ3) is 64.8. The Morgan fingerprint density at radius 1 is 0.300 bits per heavy atom. The van der Waals surface area contributed by atoms with Crippen molar-refractivity contribution in [3.8, 4) is 0 Å². The van der Waals surface area contributed by atoms with E-state index in [-0.39, 0.29) is 25.7 Å². The van der Waals surface area contributed by atoms with Crippen molar-refractivity contribution >= 4 is 39.5 Å². The number of esters is 4. The van der Waals surface area contributed by atoms with E-state index < -0.39 is 97.5 Å². The zero-order chi connectivity index (χ0) is 66.6. The largest absolute Gasteiger partial charge is 0.472 e.